The Kier molecular flexibility index (Phi) is 2.82. The number of fused-ring (bicyclic) bond motifs is 1. The summed E-state index contributed by atoms with van der Waals surface area (Å²) in [4.78, 5) is 8.18. The van der Waals surface area contributed by atoms with Crippen LogP contribution in [-0.2, 0) is 21.2 Å². The van der Waals surface area contributed by atoms with Gasteiger partial charge >= 0.3 is 10.4 Å². The Morgan fingerprint density at radius 1 is 1.25 bits per heavy atom. The van der Waals surface area contributed by atoms with Crippen molar-refractivity contribution >= 4 is 21.4 Å². The van der Waals surface area contributed by atoms with Crippen LogP contribution in [0.4, 0.5) is 0 Å². The Bertz CT molecular complexity index is 612. The highest BCUT2D eigenvalue weighted by molar-refractivity contribution is 7.80. The summed E-state index contributed by atoms with van der Waals surface area (Å²) in [6, 6.07) is 7.16. The molecule has 0 aliphatic carbocycles. The summed E-state index contributed by atoms with van der Waals surface area (Å²) < 4.78 is 33.3. The largest absolute Gasteiger partial charge is 0.397 e. The highest BCUT2D eigenvalue weighted by Crippen LogP contribution is 2.09. The zero-order valence-electron chi connectivity index (χ0n) is 8.07. The summed E-state index contributed by atoms with van der Waals surface area (Å²) in [6.07, 6.45) is 1.40. The van der Waals surface area contributed by atoms with Crippen molar-refractivity contribution in [1.82, 2.24) is 9.97 Å². The van der Waals surface area contributed by atoms with Crippen LogP contribution in [0, 0.1) is 0 Å². The first kappa shape index (κ1) is 10.9. The summed E-state index contributed by atoms with van der Waals surface area (Å²) in [5.41, 5.74) is 1.67. The lowest BCUT2D eigenvalue weighted by atomic mass is 10.3. The second-order valence-corrected chi connectivity index (χ2v) is 4.13. The Labute approximate surface area is 91.9 Å². The Morgan fingerprint density at radius 2 is 1.94 bits per heavy atom. The van der Waals surface area contributed by atoms with Gasteiger partial charge < -0.3 is 0 Å². The van der Waals surface area contributed by atoms with Gasteiger partial charge in [0.1, 0.15) is 6.61 Å². The zero-order chi connectivity index (χ0) is 11.6. The molecule has 0 radical (unpaired) electrons. The standard InChI is InChI=1S/C9H8N2O4S/c12-16(13,14)15-6-7-5-10-8-3-1-2-4-9(8)11-7/h1-5H,6H2,(H,12,13,14). The van der Waals surface area contributed by atoms with Crippen molar-refractivity contribution < 1.29 is 17.2 Å². The third kappa shape index (κ3) is 2.72. The van der Waals surface area contributed by atoms with Gasteiger partial charge in [-0.3, -0.25) is 9.54 Å². The van der Waals surface area contributed by atoms with Gasteiger partial charge in [0.05, 0.1) is 22.9 Å². The van der Waals surface area contributed by atoms with Gasteiger partial charge in [0, 0.05) is 0 Å². The van der Waals surface area contributed by atoms with E-state index < -0.39 is 10.4 Å². The van der Waals surface area contributed by atoms with E-state index in [4.69, 9.17) is 4.55 Å². The molecule has 1 heterocycles. The molecule has 7 heteroatoms. The van der Waals surface area contributed by atoms with Crippen LogP contribution in [-0.4, -0.2) is 22.9 Å². The summed E-state index contributed by atoms with van der Waals surface area (Å²) in [5.74, 6) is 0. The molecular formula is C9H8N2O4S. The Balaban J connectivity index is 2.26. The number of benzene rings is 1. The molecule has 1 aromatic carbocycles. The number of hydrogen-bond donors (Lipinski definition) is 1. The van der Waals surface area contributed by atoms with Crippen molar-refractivity contribution in [1.29, 1.82) is 0 Å². The fourth-order valence-corrected chi connectivity index (χ4v) is 1.47. The molecule has 0 aliphatic rings. The second-order valence-electron chi connectivity index (χ2n) is 3.04. The lowest BCUT2D eigenvalue weighted by Gasteiger charge is -2.01. The predicted molar refractivity (Wildman–Crippen MR) is 55.9 cm³/mol. The maximum Gasteiger partial charge on any atom is 0.397 e. The van der Waals surface area contributed by atoms with Crippen LogP contribution in [0.2, 0.25) is 0 Å². The molecule has 2 rings (SSSR count). The van der Waals surface area contributed by atoms with Crippen LogP contribution in [0.1, 0.15) is 5.69 Å². The number of hydrogen-bond acceptors (Lipinski definition) is 5. The minimum absolute atomic E-state index is 0.330. The van der Waals surface area contributed by atoms with E-state index in [1.54, 1.807) is 18.2 Å². The fourth-order valence-electron chi connectivity index (χ4n) is 1.20. The van der Waals surface area contributed by atoms with E-state index >= 15 is 0 Å². The lowest BCUT2D eigenvalue weighted by molar-refractivity contribution is 0.256. The molecule has 0 fully saturated rings. The molecule has 0 unspecified atom stereocenters. The molecule has 84 valence electrons. The van der Waals surface area contributed by atoms with Crippen molar-refractivity contribution in [3.8, 4) is 0 Å². The van der Waals surface area contributed by atoms with E-state index in [2.05, 4.69) is 14.2 Å². The summed E-state index contributed by atoms with van der Waals surface area (Å²) in [5, 5.41) is 0. The van der Waals surface area contributed by atoms with E-state index in [-0.39, 0.29) is 6.61 Å². The van der Waals surface area contributed by atoms with E-state index in [0.717, 1.165) is 0 Å². The first-order valence-corrected chi connectivity index (χ1v) is 5.73. The summed E-state index contributed by atoms with van der Waals surface area (Å²) in [6.45, 7) is -0.337. The van der Waals surface area contributed by atoms with Crippen LogP contribution in [0.5, 0.6) is 0 Å². The van der Waals surface area contributed by atoms with Gasteiger partial charge in [-0.1, -0.05) is 12.1 Å². The molecule has 16 heavy (non-hydrogen) atoms. The van der Waals surface area contributed by atoms with Gasteiger partial charge in [0.25, 0.3) is 0 Å². The molecule has 0 saturated carbocycles. The van der Waals surface area contributed by atoms with Crippen LogP contribution < -0.4 is 0 Å². The van der Waals surface area contributed by atoms with Crippen molar-refractivity contribution in [3.05, 3.63) is 36.2 Å². The normalized spacial score (nSPS) is 11.8. The summed E-state index contributed by atoms with van der Waals surface area (Å²) >= 11 is 0. The van der Waals surface area contributed by atoms with Gasteiger partial charge in [0.2, 0.25) is 0 Å². The van der Waals surface area contributed by atoms with Crippen LogP contribution in [0.25, 0.3) is 11.0 Å². The average Bonchev–Trinajstić information content (AvgIpc) is 2.25. The minimum atomic E-state index is -4.44. The molecule has 0 saturated heterocycles. The maximum absolute atomic E-state index is 10.4. The fraction of sp³-hybridized carbons (Fsp3) is 0.111. The molecule has 1 N–H and O–H groups in total. The van der Waals surface area contributed by atoms with Gasteiger partial charge in [-0.05, 0) is 12.1 Å². The van der Waals surface area contributed by atoms with Crippen molar-refractivity contribution in [2.45, 2.75) is 6.61 Å². The van der Waals surface area contributed by atoms with E-state index in [0.29, 0.717) is 16.7 Å². The van der Waals surface area contributed by atoms with Gasteiger partial charge in [-0.2, -0.15) is 8.42 Å². The number of nitrogens with zero attached hydrogens (tertiary/aromatic N) is 2. The maximum atomic E-state index is 10.4. The van der Waals surface area contributed by atoms with Gasteiger partial charge in [-0.15, -0.1) is 0 Å². The average molecular weight is 240 g/mol. The molecule has 6 nitrogen and oxygen atoms in total. The minimum Gasteiger partial charge on any atom is -0.264 e. The SMILES string of the molecule is O=S(=O)(O)OCc1cnc2ccccc2n1. The molecule has 0 spiro atoms. The molecular weight excluding hydrogens is 232 g/mol. The monoisotopic (exact) mass is 240 g/mol. The second kappa shape index (κ2) is 4.12. The van der Waals surface area contributed by atoms with Crippen molar-refractivity contribution in [2.75, 3.05) is 0 Å². The molecule has 0 bridgehead atoms. The molecule has 0 atom stereocenters. The lowest BCUT2D eigenvalue weighted by Crippen LogP contribution is -2.05. The van der Waals surface area contributed by atoms with E-state index in [1.165, 1.54) is 6.20 Å². The zero-order valence-corrected chi connectivity index (χ0v) is 8.88. The molecule has 2 aromatic rings. The quantitative estimate of drug-likeness (QED) is 0.803. The van der Waals surface area contributed by atoms with Crippen molar-refractivity contribution in [3.63, 3.8) is 0 Å². The van der Waals surface area contributed by atoms with Crippen LogP contribution in [0.3, 0.4) is 0 Å². The highest BCUT2D eigenvalue weighted by Gasteiger charge is 2.06. The Hall–Kier alpha value is -1.57. The Morgan fingerprint density at radius 3 is 2.62 bits per heavy atom. The number of aromatic nitrogens is 2. The van der Waals surface area contributed by atoms with Gasteiger partial charge in [-0.25, -0.2) is 9.17 Å². The van der Waals surface area contributed by atoms with Crippen LogP contribution >= 0.6 is 0 Å². The number of rotatable bonds is 3. The first-order chi connectivity index (χ1) is 7.54. The highest BCUT2D eigenvalue weighted by atomic mass is 32.3. The predicted octanol–water partition coefficient (Wildman–Crippen LogP) is 0.949. The van der Waals surface area contributed by atoms with E-state index in [1.807, 2.05) is 6.07 Å². The molecule has 0 aliphatic heterocycles. The van der Waals surface area contributed by atoms with Gasteiger partial charge in [0.15, 0.2) is 0 Å². The summed E-state index contributed by atoms with van der Waals surface area (Å²) in [7, 11) is -4.44. The third-order valence-corrected chi connectivity index (χ3v) is 2.27. The molecule has 1 aromatic heterocycles. The van der Waals surface area contributed by atoms with Crippen molar-refractivity contribution in [2.24, 2.45) is 0 Å². The van der Waals surface area contributed by atoms with E-state index in [9.17, 15) is 8.42 Å². The smallest absolute Gasteiger partial charge is 0.264 e. The van der Waals surface area contributed by atoms with Crippen LogP contribution in [0.15, 0.2) is 30.5 Å². The molecule has 0 amide bonds. The topological polar surface area (TPSA) is 89.4 Å². The first-order valence-electron chi connectivity index (χ1n) is 4.37. The number of para-hydroxylation sites is 2. The third-order valence-electron chi connectivity index (χ3n) is 1.85.